The van der Waals surface area contributed by atoms with Crippen molar-refractivity contribution >= 4 is 23.2 Å². The summed E-state index contributed by atoms with van der Waals surface area (Å²) in [5.74, 6) is 0.901. The van der Waals surface area contributed by atoms with Crippen LogP contribution in [0.4, 0.5) is 11.4 Å². The van der Waals surface area contributed by atoms with Crippen molar-refractivity contribution in [3.8, 4) is 5.75 Å². The molecule has 5 heteroatoms. The summed E-state index contributed by atoms with van der Waals surface area (Å²) in [6.07, 6.45) is 1.24. The van der Waals surface area contributed by atoms with Crippen LogP contribution in [0.2, 0.25) is 0 Å². The van der Waals surface area contributed by atoms with Crippen LogP contribution in [0.1, 0.15) is 37.8 Å². The van der Waals surface area contributed by atoms with Crippen LogP contribution in [-0.4, -0.2) is 25.0 Å². The molecule has 0 unspecified atom stereocenters. The van der Waals surface area contributed by atoms with E-state index >= 15 is 0 Å². The van der Waals surface area contributed by atoms with Gasteiger partial charge < -0.3 is 15.0 Å². The first-order valence-electron chi connectivity index (χ1n) is 10.2. The number of hydrogen-bond donors (Lipinski definition) is 1. The molecular weight excluding hydrogens is 364 g/mol. The van der Waals surface area contributed by atoms with Gasteiger partial charge in [-0.25, -0.2) is 0 Å². The van der Waals surface area contributed by atoms with E-state index in [1.165, 1.54) is 5.56 Å². The number of aryl methyl sites for hydroxylation is 2. The van der Waals surface area contributed by atoms with Gasteiger partial charge in [0, 0.05) is 24.3 Å². The van der Waals surface area contributed by atoms with Crippen molar-refractivity contribution < 1.29 is 14.3 Å². The number of rotatable bonds is 7. The highest BCUT2D eigenvalue weighted by Gasteiger charge is 2.35. The fourth-order valence-electron chi connectivity index (χ4n) is 3.32. The Hall–Kier alpha value is -2.82. The molecule has 2 aromatic carbocycles. The van der Waals surface area contributed by atoms with Crippen LogP contribution in [0.15, 0.2) is 42.5 Å². The van der Waals surface area contributed by atoms with Crippen LogP contribution in [-0.2, 0) is 9.59 Å². The fourth-order valence-corrected chi connectivity index (χ4v) is 3.32. The standard InChI is InChI=1S/C24H30N2O3/c1-16(2)11-12-29-22-9-6-20(7-10-22)25-24(28)19-14-23(27)26(15-19)21-8-5-17(3)18(4)13-21/h5-10,13,16,19H,11-12,14-15H2,1-4H3,(H,25,28)/t19-/m0/s1. The maximum absolute atomic E-state index is 12.7. The Morgan fingerprint density at radius 1 is 1.14 bits per heavy atom. The number of nitrogens with zero attached hydrogens (tertiary/aromatic N) is 1. The van der Waals surface area contributed by atoms with Crippen molar-refractivity contribution in [1.82, 2.24) is 0 Å². The normalized spacial score (nSPS) is 16.4. The molecule has 2 aromatic rings. The van der Waals surface area contributed by atoms with Gasteiger partial charge in [0.2, 0.25) is 11.8 Å². The quantitative estimate of drug-likeness (QED) is 0.739. The molecular formula is C24H30N2O3. The van der Waals surface area contributed by atoms with Gasteiger partial charge >= 0.3 is 0 Å². The second-order valence-electron chi connectivity index (χ2n) is 8.22. The molecule has 154 valence electrons. The SMILES string of the molecule is Cc1ccc(N2C[C@@H](C(=O)Nc3ccc(OCCC(C)C)cc3)CC2=O)cc1C. The highest BCUT2D eigenvalue weighted by molar-refractivity contribution is 6.03. The van der Waals surface area contributed by atoms with E-state index in [4.69, 9.17) is 4.74 Å². The van der Waals surface area contributed by atoms with E-state index in [9.17, 15) is 9.59 Å². The van der Waals surface area contributed by atoms with E-state index < -0.39 is 0 Å². The van der Waals surface area contributed by atoms with Crippen molar-refractivity contribution in [1.29, 1.82) is 0 Å². The number of benzene rings is 2. The molecule has 1 aliphatic rings. The molecule has 0 aromatic heterocycles. The van der Waals surface area contributed by atoms with Crippen molar-refractivity contribution in [3.05, 3.63) is 53.6 Å². The first-order chi connectivity index (χ1) is 13.8. The summed E-state index contributed by atoms with van der Waals surface area (Å²) < 4.78 is 5.71. The molecule has 0 saturated carbocycles. The van der Waals surface area contributed by atoms with Crippen molar-refractivity contribution in [2.45, 2.75) is 40.5 Å². The van der Waals surface area contributed by atoms with Crippen LogP contribution < -0.4 is 15.0 Å². The van der Waals surface area contributed by atoms with Crippen LogP contribution in [0.5, 0.6) is 5.75 Å². The number of anilines is 2. The molecule has 0 aliphatic carbocycles. The van der Waals surface area contributed by atoms with Crippen molar-refractivity contribution in [2.75, 3.05) is 23.4 Å². The smallest absolute Gasteiger partial charge is 0.229 e. The monoisotopic (exact) mass is 394 g/mol. The van der Waals surface area contributed by atoms with E-state index in [-0.39, 0.29) is 24.2 Å². The van der Waals surface area contributed by atoms with E-state index in [0.717, 1.165) is 23.4 Å². The first kappa shape index (κ1) is 20.9. The fraction of sp³-hybridized carbons (Fsp3) is 0.417. The Labute approximate surface area is 173 Å². The van der Waals surface area contributed by atoms with Crippen LogP contribution >= 0.6 is 0 Å². The molecule has 1 N–H and O–H groups in total. The number of nitrogens with one attached hydrogen (secondary N) is 1. The number of carbonyl (C=O) groups is 2. The van der Waals surface area contributed by atoms with Gasteiger partial charge in [-0.1, -0.05) is 19.9 Å². The summed E-state index contributed by atoms with van der Waals surface area (Å²) in [5.41, 5.74) is 3.89. The van der Waals surface area contributed by atoms with Crippen LogP contribution in [0.25, 0.3) is 0 Å². The second kappa shape index (κ2) is 9.12. The summed E-state index contributed by atoms with van der Waals surface area (Å²) in [6.45, 7) is 9.49. The molecule has 0 radical (unpaired) electrons. The Bertz CT molecular complexity index is 874. The van der Waals surface area contributed by atoms with E-state index in [1.54, 1.807) is 4.90 Å². The molecule has 1 saturated heterocycles. The molecule has 0 spiro atoms. The number of hydrogen-bond acceptors (Lipinski definition) is 3. The van der Waals surface area contributed by atoms with Gasteiger partial charge in [-0.3, -0.25) is 9.59 Å². The van der Waals surface area contributed by atoms with Gasteiger partial charge in [0.25, 0.3) is 0 Å². The van der Waals surface area contributed by atoms with Gasteiger partial charge in [-0.05, 0) is 73.7 Å². The highest BCUT2D eigenvalue weighted by Crippen LogP contribution is 2.28. The van der Waals surface area contributed by atoms with Gasteiger partial charge in [-0.2, -0.15) is 0 Å². The molecule has 29 heavy (non-hydrogen) atoms. The van der Waals surface area contributed by atoms with Crippen LogP contribution in [0.3, 0.4) is 0 Å². The average Bonchev–Trinajstić information content (AvgIpc) is 3.07. The molecule has 1 heterocycles. The Kier molecular flexibility index (Phi) is 6.57. The predicted molar refractivity (Wildman–Crippen MR) is 116 cm³/mol. The zero-order valence-corrected chi connectivity index (χ0v) is 17.7. The zero-order chi connectivity index (χ0) is 21.0. The first-order valence-corrected chi connectivity index (χ1v) is 10.2. The lowest BCUT2D eigenvalue weighted by atomic mass is 10.1. The lowest BCUT2D eigenvalue weighted by molar-refractivity contribution is -0.122. The van der Waals surface area contributed by atoms with Gasteiger partial charge in [0.05, 0.1) is 12.5 Å². The molecule has 1 aliphatic heterocycles. The Morgan fingerprint density at radius 2 is 1.86 bits per heavy atom. The third kappa shape index (κ3) is 5.37. The molecule has 0 bridgehead atoms. The summed E-state index contributed by atoms with van der Waals surface area (Å²) in [4.78, 5) is 26.8. The molecule has 1 fully saturated rings. The third-order valence-corrected chi connectivity index (χ3v) is 5.38. The predicted octanol–water partition coefficient (Wildman–Crippen LogP) is 4.72. The Morgan fingerprint density at radius 3 is 2.52 bits per heavy atom. The molecule has 2 amide bonds. The van der Waals surface area contributed by atoms with E-state index in [2.05, 4.69) is 19.2 Å². The number of ether oxygens (including phenoxy) is 1. The average molecular weight is 395 g/mol. The van der Waals surface area contributed by atoms with Crippen LogP contribution in [0, 0.1) is 25.7 Å². The summed E-state index contributed by atoms with van der Waals surface area (Å²) in [7, 11) is 0. The number of carbonyl (C=O) groups excluding carboxylic acids is 2. The lowest BCUT2D eigenvalue weighted by Crippen LogP contribution is -2.28. The molecule has 1 atom stereocenters. The van der Waals surface area contributed by atoms with Gasteiger partial charge in [-0.15, -0.1) is 0 Å². The topological polar surface area (TPSA) is 58.6 Å². The van der Waals surface area contributed by atoms with Crippen molar-refractivity contribution in [2.24, 2.45) is 11.8 Å². The highest BCUT2D eigenvalue weighted by atomic mass is 16.5. The molecule has 5 nitrogen and oxygen atoms in total. The maximum Gasteiger partial charge on any atom is 0.229 e. The van der Waals surface area contributed by atoms with Crippen molar-refractivity contribution in [3.63, 3.8) is 0 Å². The van der Waals surface area contributed by atoms with Gasteiger partial charge in [0.1, 0.15) is 5.75 Å². The summed E-state index contributed by atoms with van der Waals surface area (Å²) >= 11 is 0. The minimum atomic E-state index is -0.355. The van der Waals surface area contributed by atoms with Gasteiger partial charge in [0.15, 0.2) is 0 Å². The minimum absolute atomic E-state index is 0.0118. The number of amides is 2. The summed E-state index contributed by atoms with van der Waals surface area (Å²) in [5, 5.41) is 2.93. The Balaban J connectivity index is 1.57. The largest absolute Gasteiger partial charge is 0.494 e. The maximum atomic E-state index is 12.7. The minimum Gasteiger partial charge on any atom is -0.494 e. The van der Waals surface area contributed by atoms with E-state index in [1.807, 2.05) is 56.3 Å². The molecule has 3 rings (SSSR count). The zero-order valence-electron chi connectivity index (χ0n) is 17.7. The third-order valence-electron chi connectivity index (χ3n) is 5.38. The summed E-state index contributed by atoms with van der Waals surface area (Å²) in [6, 6.07) is 13.3. The second-order valence-corrected chi connectivity index (χ2v) is 8.22. The van der Waals surface area contributed by atoms with E-state index in [0.29, 0.717) is 24.8 Å². The lowest BCUT2D eigenvalue weighted by Gasteiger charge is -2.18.